The van der Waals surface area contributed by atoms with Gasteiger partial charge in [0.2, 0.25) is 5.91 Å². The number of aromatic nitrogens is 1. The first-order valence-corrected chi connectivity index (χ1v) is 7.97. The van der Waals surface area contributed by atoms with Gasteiger partial charge in [0.25, 0.3) is 0 Å². The van der Waals surface area contributed by atoms with E-state index < -0.39 is 0 Å². The molecule has 23 heavy (non-hydrogen) atoms. The van der Waals surface area contributed by atoms with Crippen LogP contribution in [0.15, 0.2) is 23.3 Å². The van der Waals surface area contributed by atoms with Crippen molar-refractivity contribution < 1.29 is 4.79 Å². The molecule has 0 bridgehead atoms. The molecule has 8 heteroatoms. The number of carbonyl (C=O) groups excluding carboxylic acids is 1. The van der Waals surface area contributed by atoms with Crippen molar-refractivity contribution in [2.45, 2.75) is 26.3 Å². The van der Waals surface area contributed by atoms with Gasteiger partial charge in [-0.3, -0.25) is 4.79 Å². The van der Waals surface area contributed by atoms with Crippen molar-refractivity contribution in [3.05, 3.63) is 29.0 Å². The van der Waals surface area contributed by atoms with Gasteiger partial charge in [0.15, 0.2) is 5.96 Å². The molecule has 2 rings (SSSR count). The van der Waals surface area contributed by atoms with Gasteiger partial charge in [0.1, 0.15) is 5.15 Å². The third kappa shape index (κ3) is 6.90. The molecule has 128 valence electrons. The van der Waals surface area contributed by atoms with Crippen LogP contribution >= 0.6 is 35.6 Å². The van der Waals surface area contributed by atoms with Crippen molar-refractivity contribution in [2.24, 2.45) is 4.99 Å². The van der Waals surface area contributed by atoms with E-state index in [2.05, 4.69) is 20.6 Å². The summed E-state index contributed by atoms with van der Waals surface area (Å²) in [7, 11) is 0. The summed E-state index contributed by atoms with van der Waals surface area (Å²) in [6.45, 7) is 5.21. The molecule has 1 aliphatic rings. The molecule has 0 aromatic carbocycles. The highest BCUT2D eigenvalue weighted by atomic mass is 127. The summed E-state index contributed by atoms with van der Waals surface area (Å²) in [4.78, 5) is 22.4. The molecule has 2 N–H and O–H groups in total. The Morgan fingerprint density at radius 2 is 2.09 bits per heavy atom. The Hall–Kier alpha value is -1.09. The molecule has 0 radical (unpaired) electrons. The van der Waals surface area contributed by atoms with Crippen molar-refractivity contribution in [1.29, 1.82) is 0 Å². The topological polar surface area (TPSA) is 69.6 Å². The molecule has 1 aromatic heterocycles. The standard InChI is InChI=1S/C15H22ClN5O.HI/c1-2-17-15(19-10-12-5-6-13(16)18-9-12)20-11-14(22)21-7-3-4-8-21;/h5-6,9H,2-4,7-8,10-11H2,1H3,(H2,17,19,20);1H. The molecule has 1 fully saturated rings. The minimum absolute atomic E-state index is 0. The molecular weight excluding hydrogens is 429 g/mol. The van der Waals surface area contributed by atoms with Crippen LogP contribution in [0.1, 0.15) is 25.3 Å². The third-order valence-electron chi connectivity index (χ3n) is 3.42. The Kier molecular flexibility index (Phi) is 9.23. The Balaban J connectivity index is 0.00000264. The number of guanidine groups is 1. The maximum Gasteiger partial charge on any atom is 0.241 e. The number of halogens is 2. The maximum atomic E-state index is 12.0. The maximum absolute atomic E-state index is 12.0. The van der Waals surface area contributed by atoms with E-state index in [1.807, 2.05) is 17.9 Å². The summed E-state index contributed by atoms with van der Waals surface area (Å²) in [6, 6.07) is 3.63. The molecule has 0 atom stereocenters. The van der Waals surface area contributed by atoms with Gasteiger partial charge in [0.05, 0.1) is 13.1 Å². The van der Waals surface area contributed by atoms with Gasteiger partial charge < -0.3 is 15.5 Å². The van der Waals surface area contributed by atoms with E-state index in [1.165, 1.54) is 0 Å². The zero-order chi connectivity index (χ0) is 15.8. The van der Waals surface area contributed by atoms with E-state index in [-0.39, 0.29) is 36.4 Å². The average molecular weight is 452 g/mol. The van der Waals surface area contributed by atoms with Gasteiger partial charge in [-0.1, -0.05) is 17.7 Å². The van der Waals surface area contributed by atoms with Crippen LogP contribution in [0.25, 0.3) is 0 Å². The van der Waals surface area contributed by atoms with E-state index in [0.717, 1.165) is 38.0 Å². The first kappa shape index (κ1) is 20.0. The number of rotatable bonds is 5. The van der Waals surface area contributed by atoms with Crippen LogP contribution in [0.4, 0.5) is 0 Å². The SMILES string of the molecule is CCNC(=NCc1ccc(Cl)nc1)NCC(=O)N1CCCC1.I. The molecule has 0 aliphatic carbocycles. The van der Waals surface area contributed by atoms with Crippen molar-refractivity contribution in [3.63, 3.8) is 0 Å². The molecule has 1 aromatic rings. The van der Waals surface area contributed by atoms with Gasteiger partial charge in [-0.2, -0.15) is 0 Å². The highest BCUT2D eigenvalue weighted by Gasteiger charge is 2.17. The number of carbonyl (C=O) groups is 1. The van der Waals surface area contributed by atoms with Crippen LogP contribution in [0.5, 0.6) is 0 Å². The van der Waals surface area contributed by atoms with Gasteiger partial charge in [-0.15, -0.1) is 24.0 Å². The van der Waals surface area contributed by atoms with E-state index in [0.29, 0.717) is 17.7 Å². The van der Waals surface area contributed by atoms with Crippen LogP contribution in [-0.4, -0.2) is 47.9 Å². The summed E-state index contributed by atoms with van der Waals surface area (Å²) in [5, 5.41) is 6.68. The summed E-state index contributed by atoms with van der Waals surface area (Å²) in [5.41, 5.74) is 0.965. The van der Waals surface area contributed by atoms with Crippen molar-refractivity contribution in [2.75, 3.05) is 26.2 Å². The minimum atomic E-state index is 0. The smallest absolute Gasteiger partial charge is 0.241 e. The molecule has 6 nitrogen and oxygen atoms in total. The van der Waals surface area contributed by atoms with Crippen molar-refractivity contribution in [3.8, 4) is 0 Å². The monoisotopic (exact) mass is 451 g/mol. The normalized spacial score (nSPS) is 14.3. The number of nitrogens with one attached hydrogen (secondary N) is 2. The molecule has 1 amide bonds. The van der Waals surface area contributed by atoms with Crippen molar-refractivity contribution in [1.82, 2.24) is 20.5 Å². The van der Waals surface area contributed by atoms with Crippen LogP contribution in [0.3, 0.4) is 0 Å². The number of pyridine rings is 1. The number of aliphatic imine (C=N–C) groups is 1. The quantitative estimate of drug-likeness (QED) is 0.311. The second-order valence-corrected chi connectivity index (χ2v) is 5.51. The molecule has 2 heterocycles. The zero-order valence-electron chi connectivity index (χ0n) is 13.2. The van der Waals surface area contributed by atoms with Crippen LogP contribution in [0, 0.1) is 0 Å². The lowest BCUT2D eigenvalue weighted by atomic mass is 10.3. The predicted molar refractivity (Wildman–Crippen MR) is 103 cm³/mol. The molecule has 1 aliphatic heterocycles. The van der Waals surface area contributed by atoms with E-state index in [4.69, 9.17) is 11.6 Å². The Bertz CT molecular complexity index is 517. The highest BCUT2D eigenvalue weighted by Crippen LogP contribution is 2.07. The number of hydrogen-bond donors (Lipinski definition) is 2. The molecule has 1 saturated heterocycles. The lowest BCUT2D eigenvalue weighted by Crippen LogP contribution is -2.44. The summed E-state index contributed by atoms with van der Waals surface area (Å²) in [5.74, 6) is 0.751. The molecule has 0 spiro atoms. The lowest BCUT2D eigenvalue weighted by molar-refractivity contribution is -0.128. The van der Waals surface area contributed by atoms with E-state index in [9.17, 15) is 4.79 Å². The number of likely N-dealkylation sites (tertiary alicyclic amines) is 1. The molecule has 0 unspecified atom stereocenters. The summed E-state index contributed by atoms with van der Waals surface area (Å²) >= 11 is 5.76. The van der Waals surface area contributed by atoms with E-state index >= 15 is 0 Å². The minimum Gasteiger partial charge on any atom is -0.357 e. The number of hydrogen-bond acceptors (Lipinski definition) is 3. The van der Waals surface area contributed by atoms with Crippen molar-refractivity contribution >= 4 is 47.4 Å². The van der Waals surface area contributed by atoms with Crippen LogP contribution in [-0.2, 0) is 11.3 Å². The zero-order valence-corrected chi connectivity index (χ0v) is 16.3. The van der Waals surface area contributed by atoms with Gasteiger partial charge in [0, 0.05) is 25.8 Å². The van der Waals surface area contributed by atoms with Crippen LogP contribution in [0.2, 0.25) is 5.15 Å². The Morgan fingerprint density at radius 1 is 1.35 bits per heavy atom. The second-order valence-electron chi connectivity index (χ2n) is 5.13. The van der Waals surface area contributed by atoms with Crippen LogP contribution < -0.4 is 10.6 Å². The number of amides is 1. The Labute approximate surface area is 159 Å². The summed E-state index contributed by atoms with van der Waals surface area (Å²) in [6.07, 6.45) is 3.90. The molecular formula is C15H23ClIN5O. The summed E-state index contributed by atoms with van der Waals surface area (Å²) < 4.78 is 0. The lowest BCUT2D eigenvalue weighted by Gasteiger charge is -2.17. The second kappa shape index (κ2) is 10.6. The van der Waals surface area contributed by atoms with Gasteiger partial charge >= 0.3 is 0 Å². The Morgan fingerprint density at radius 3 is 2.70 bits per heavy atom. The fraction of sp³-hybridized carbons (Fsp3) is 0.533. The highest BCUT2D eigenvalue weighted by molar-refractivity contribution is 14.0. The third-order valence-corrected chi connectivity index (χ3v) is 3.64. The fourth-order valence-corrected chi connectivity index (χ4v) is 2.36. The average Bonchev–Trinajstić information content (AvgIpc) is 3.06. The largest absolute Gasteiger partial charge is 0.357 e. The van der Waals surface area contributed by atoms with Gasteiger partial charge in [-0.25, -0.2) is 9.98 Å². The first-order chi connectivity index (χ1) is 10.7. The number of nitrogens with zero attached hydrogens (tertiary/aromatic N) is 3. The van der Waals surface area contributed by atoms with E-state index in [1.54, 1.807) is 12.3 Å². The predicted octanol–water partition coefficient (Wildman–Crippen LogP) is 2.03. The molecule has 0 saturated carbocycles. The first-order valence-electron chi connectivity index (χ1n) is 7.59. The fourth-order valence-electron chi connectivity index (χ4n) is 2.25. The van der Waals surface area contributed by atoms with Gasteiger partial charge in [-0.05, 0) is 31.4 Å².